The number of nitrogen functional groups attached to an aromatic ring is 1. The van der Waals surface area contributed by atoms with E-state index in [4.69, 9.17) is 10.5 Å². The number of carbonyl (C=O) groups is 1. The average molecular weight is 277 g/mol. The number of thiophene rings is 1. The molecule has 1 atom stereocenters. The number of nitrogens with one attached hydrogen (secondary N) is 1. The summed E-state index contributed by atoms with van der Waals surface area (Å²) in [7, 11) is 0. The number of aromatic nitrogens is 1. The Balaban J connectivity index is 1.94. The van der Waals surface area contributed by atoms with Gasteiger partial charge in [0.05, 0.1) is 18.3 Å². The molecule has 2 aromatic rings. The molecule has 19 heavy (non-hydrogen) atoms. The van der Waals surface area contributed by atoms with Crippen LogP contribution in [0.2, 0.25) is 0 Å². The lowest BCUT2D eigenvalue weighted by Gasteiger charge is -2.09. The van der Waals surface area contributed by atoms with Crippen molar-refractivity contribution >= 4 is 33.1 Å². The first-order valence-electron chi connectivity index (χ1n) is 6.19. The van der Waals surface area contributed by atoms with Crippen molar-refractivity contribution in [1.29, 1.82) is 0 Å². The van der Waals surface area contributed by atoms with Gasteiger partial charge in [-0.15, -0.1) is 11.3 Å². The summed E-state index contributed by atoms with van der Waals surface area (Å²) in [6.45, 7) is 3.25. The fraction of sp³-hybridized carbons (Fsp3) is 0.385. The van der Waals surface area contributed by atoms with E-state index in [2.05, 4.69) is 10.3 Å². The van der Waals surface area contributed by atoms with Gasteiger partial charge in [-0.3, -0.25) is 4.79 Å². The molecule has 0 aliphatic carbocycles. The molecule has 0 radical (unpaired) electrons. The zero-order valence-corrected chi connectivity index (χ0v) is 11.4. The van der Waals surface area contributed by atoms with Crippen LogP contribution in [0.15, 0.2) is 12.3 Å². The van der Waals surface area contributed by atoms with E-state index >= 15 is 0 Å². The van der Waals surface area contributed by atoms with Crippen molar-refractivity contribution in [3.63, 3.8) is 0 Å². The van der Waals surface area contributed by atoms with E-state index in [9.17, 15) is 4.79 Å². The van der Waals surface area contributed by atoms with E-state index < -0.39 is 0 Å². The second-order valence-electron chi connectivity index (χ2n) is 4.69. The smallest absolute Gasteiger partial charge is 0.263 e. The van der Waals surface area contributed by atoms with E-state index in [0.29, 0.717) is 23.8 Å². The van der Waals surface area contributed by atoms with Gasteiger partial charge in [-0.25, -0.2) is 4.98 Å². The summed E-state index contributed by atoms with van der Waals surface area (Å²) in [6, 6.07) is 1.99. The van der Waals surface area contributed by atoms with Crippen molar-refractivity contribution < 1.29 is 9.53 Å². The van der Waals surface area contributed by atoms with E-state index in [1.165, 1.54) is 11.3 Å². The van der Waals surface area contributed by atoms with Gasteiger partial charge in [0.15, 0.2) is 0 Å². The maximum Gasteiger partial charge on any atom is 0.263 e. The van der Waals surface area contributed by atoms with Crippen LogP contribution in [-0.2, 0) is 4.74 Å². The second kappa shape index (κ2) is 4.79. The number of amides is 1. The van der Waals surface area contributed by atoms with Gasteiger partial charge in [-0.05, 0) is 25.0 Å². The fourth-order valence-electron chi connectivity index (χ4n) is 2.27. The van der Waals surface area contributed by atoms with E-state index in [1.54, 1.807) is 6.20 Å². The SMILES string of the molecule is Cc1ccnc2sc(C(=O)NC3CCOC3)c(N)c12. The second-order valence-corrected chi connectivity index (χ2v) is 5.69. The largest absolute Gasteiger partial charge is 0.397 e. The molecule has 1 unspecified atom stereocenters. The Morgan fingerprint density at radius 3 is 3.16 bits per heavy atom. The van der Waals surface area contributed by atoms with Crippen molar-refractivity contribution in [3.05, 3.63) is 22.7 Å². The Hall–Kier alpha value is -1.66. The number of pyridine rings is 1. The lowest BCUT2D eigenvalue weighted by Crippen LogP contribution is -2.34. The minimum atomic E-state index is -0.129. The molecule has 100 valence electrons. The first-order valence-corrected chi connectivity index (χ1v) is 7.00. The highest BCUT2D eigenvalue weighted by molar-refractivity contribution is 7.21. The number of nitrogens with two attached hydrogens (primary N) is 1. The first-order chi connectivity index (χ1) is 9.16. The van der Waals surface area contributed by atoms with E-state index in [1.807, 2.05) is 13.0 Å². The number of rotatable bonds is 2. The highest BCUT2D eigenvalue weighted by Crippen LogP contribution is 2.34. The molecule has 2 aromatic heterocycles. The third kappa shape index (κ3) is 2.17. The van der Waals surface area contributed by atoms with Crippen molar-refractivity contribution in [3.8, 4) is 0 Å². The Kier molecular flexibility index (Phi) is 3.12. The summed E-state index contributed by atoms with van der Waals surface area (Å²) in [5.41, 5.74) is 7.67. The molecule has 6 heteroatoms. The third-order valence-corrected chi connectivity index (χ3v) is 4.42. The molecule has 1 aliphatic heterocycles. The Morgan fingerprint density at radius 2 is 2.47 bits per heavy atom. The van der Waals surface area contributed by atoms with Crippen LogP contribution in [0.4, 0.5) is 5.69 Å². The fourth-order valence-corrected chi connectivity index (χ4v) is 3.32. The zero-order valence-electron chi connectivity index (χ0n) is 10.6. The summed E-state index contributed by atoms with van der Waals surface area (Å²) in [5, 5.41) is 3.84. The normalized spacial score (nSPS) is 18.9. The Bertz CT molecular complexity index is 632. The monoisotopic (exact) mass is 277 g/mol. The van der Waals surface area contributed by atoms with Gasteiger partial charge in [-0.2, -0.15) is 0 Å². The molecular formula is C13H15N3O2S. The van der Waals surface area contributed by atoms with Crippen LogP contribution in [0.3, 0.4) is 0 Å². The average Bonchev–Trinajstić information content (AvgIpc) is 2.98. The molecule has 1 aliphatic rings. The molecule has 0 spiro atoms. The first kappa shape index (κ1) is 12.4. The molecule has 5 nitrogen and oxygen atoms in total. The van der Waals surface area contributed by atoms with Crippen LogP contribution in [-0.4, -0.2) is 30.1 Å². The van der Waals surface area contributed by atoms with Crippen molar-refractivity contribution in [2.75, 3.05) is 18.9 Å². The maximum absolute atomic E-state index is 12.2. The summed E-state index contributed by atoms with van der Waals surface area (Å²) in [4.78, 5) is 17.9. The lowest BCUT2D eigenvalue weighted by atomic mass is 10.1. The minimum absolute atomic E-state index is 0.0890. The summed E-state index contributed by atoms with van der Waals surface area (Å²) in [5.74, 6) is -0.129. The summed E-state index contributed by atoms with van der Waals surface area (Å²) >= 11 is 1.34. The van der Waals surface area contributed by atoms with Crippen LogP contribution >= 0.6 is 11.3 Å². The molecule has 3 rings (SSSR count). The Labute approximate surface area is 114 Å². The van der Waals surface area contributed by atoms with Crippen LogP contribution in [0.25, 0.3) is 10.2 Å². The number of aryl methyl sites for hydroxylation is 1. The zero-order chi connectivity index (χ0) is 13.4. The predicted octanol–water partition coefficient (Wildman–Crippen LogP) is 1.71. The molecule has 0 saturated carbocycles. The number of nitrogens with zero attached hydrogens (tertiary/aromatic N) is 1. The third-order valence-electron chi connectivity index (χ3n) is 3.31. The van der Waals surface area contributed by atoms with E-state index in [-0.39, 0.29) is 11.9 Å². The van der Waals surface area contributed by atoms with Gasteiger partial charge >= 0.3 is 0 Å². The number of hydrogen-bond donors (Lipinski definition) is 2. The molecule has 1 fully saturated rings. The minimum Gasteiger partial charge on any atom is -0.397 e. The van der Waals surface area contributed by atoms with Crippen LogP contribution in [0.1, 0.15) is 21.7 Å². The molecule has 3 heterocycles. The number of hydrogen-bond acceptors (Lipinski definition) is 5. The quantitative estimate of drug-likeness (QED) is 0.876. The molecule has 1 amide bonds. The maximum atomic E-state index is 12.2. The van der Waals surface area contributed by atoms with Gasteiger partial charge < -0.3 is 15.8 Å². The van der Waals surface area contributed by atoms with Crippen molar-refractivity contribution in [2.45, 2.75) is 19.4 Å². The van der Waals surface area contributed by atoms with Gasteiger partial charge in [0, 0.05) is 18.2 Å². The molecule has 0 aromatic carbocycles. The predicted molar refractivity (Wildman–Crippen MR) is 75.5 cm³/mol. The van der Waals surface area contributed by atoms with Crippen LogP contribution in [0.5, 0.6) is 0 Å². The van der Waals surface area contributed by atoms with Gasteiger partial charge in [0.1, 0.15) is 9.71 Å². The highest BCUT2D eigenvalue weighted by Gasteiger charge is 2.23. The topological polar surface area (TPSA) is 77.2 Å². The number of ether oxygens (including phenoxy) is 1. The van der Waals surface area contributed by atoms with Crippen LogP contribution in [0, 0.1) is 6.92 Å². The van der Waals surface area contributed by atoms with Gasteiger partial charge in [0.2, 0.25) is 0 Å². The molecule has 1 saturated heterocycles. The number of anilines is 1. The molecule has 0 bridgehead atoms. The highest BCUT2D eigenvalue weighted by atomic mass is 32.1. The lowest BCUT2D eigenvalue weighted by molar-refractivity contribution is 0.0935. The van der Waals surface area contributed by atoms with Gasteiger partial charge in [-0.1, -0.05) is 0 Å². The standard InChI is InChI=1S/C13H15N3O2S/c1-7-2-4-15-13-9(7)10(14)11(19-13)12(17)16-8-3-5-18-6-8/h2,4,8H,3,5-6,14H2,1H3,(H,16,17). The Morgan fingerprint density at radius 1 is 1.63 bits per heavy atom. The summed E-state index contributed by atoms with van der Waals surface area (Å²) in [6.07, 6.45) is 2.59. The summed E-state index contributed by atoms with van der Waals surface area (Å²) < 4.78 is 5.25. The van der Waals surface area contributed by atoms with Crippen LogP contribution < -0.4 is 11.1 Å². The van der Waals surface area contributed by atoms with Crippen molar-refractivity contribution in [1.82, 2.24) is 10.3 Å². The van der Waals surface area contributed by atoms with E-state index in [0.717, 1.165) is 22.2 Å². The molecule has 3 N–H and O–H groups in total. The molecular weight excluding hydrogens is 262 g/mol. The van der Waals surface area contributed by atoms with Gasteiger partial charge in [0.25, 0.3) is 5.91 Å². The van der Waals surface area contributed by atoms with Crippen molar-refractivity contribution in [2.24, 2.45) is 0 Å². The number of fused-ring (bicyclic) bond motifs is 1. The number of carbonyl (C=O) groups excluding carboxylic acids is 1.